The largest absolute Gasteiger partial charge is 0.333 e. The van der Waals surface area contributed by atoms with Crippen LogP contribution in [-0.4, -0.2) is 16.1 Å². The highest BCUT2D eigenvalue weighted by molar-refractivity contribution is 5.25. The van der Waals surface area contributed by atoms with Gasteiger partial charge in [-0.3, -0.25) is 0 Å². The zero-order chi connectivity index (χ0) is 14.4. The smallest absolute Gasteiger partial charge is 0.0953 e. The lowest BCUT2D eigenvalue weighted by molar-refractivity contribution is 0.665. The van der Waals surface area contributed by atoms with Crippen molar-refractivity contribution in [3.05, 3.63) is 53.6 Å². The summed E-state index contributed by atoms with van der Waals surface area (Å²) >= 11 is 0. The number of aromatic nitrogens is 2. The summed E-state index contributed by atoms with van der Waals surface area (Å²) in [5, 5.41) is 3.37. The number of hydrogen-bond donors (Lipinski definition) is 1. The molecule has 1 aromatic heterocycles. The number of nitrogens with one attached hydrogen (secondary N) is 1. The summed E-state index contributed by atoms with van der Waals surface area (Å²) in [5.74, 6) is 0.591. The maximum absolute atomic E-state index is 4.43. The van der Waals surface area contributed by atoms with Crippen molar-refractivity contribution in [3.8, 4) is 0 Å². The van der Waals surface area contributed by atoms with Gasteiger partial charge in [0.2, 0.25) is 0 Å². The Hall–Kier alpha value is -1.61. The van der Waals surface area contributed by atoms with E-state index in [0.29, 0.717) is 5.92 Å². The maximum Gasteiger partial charge on any atom is 0.0953 e. The Morgan fingerprint density at radius 1 is 1.20 bits per heavy atom. The molecule has 0 radical (unpaired) electrons. The minimum Gasteiger partial charge on any atom is -0.333 e. The van der Waals surface area contributed by atoms with Gasteiger partial charge < -0.3 is 9.88 Å². The lowest BCUT2D eigenvalue weighted by Crippen LogP contribution is -2.13. The van der Waals surface area contributed by atoms with Crippen LogP contribution in [-0.2, 0) is 13.1 Å². The Labute approximate surface area is 122 Å². The first-order valence-electron chi connectivity index (χ1n) is 7.49. The van der Waals surface area contributed by atoms with Gasteiger partial charge in [-0.25, -0.2) is 4.98 Å². The van der Waals surface area contributed by atoms with E-state index in [-0.39, 0.29) is 0 Å². The van der Waals surface area contributed by atoms with E-state index in [2.05, 4.69) is 66.1 Å². The number of imidazole rings is 1. The first-order chi connectivity index (χ1) is 9.69. The second kappa shape index (κ2) is 7.25. The number of rotatable bonds is 7. The Balaban J connectivity index is 1.92. The fourth-order valence-electron chi connectivity index (χ4n) is 2.20. The van der Waals surface area contributed by atoms with Crippen molar-refractivity contribution >= 4 is 0 Å². The van der Waals surface area contributed by atoms with Crippen molar-refractivity contribution in [1.82, 2.24) is 14.9 Å². The minimum atomic E-state index is 0.591. The van der Waals surface area contributed by atoms with E-state index in [9.17, 15) is 0 Å². The molecule has 0 fully saturated rings. The highest BCUT2D eigenvalue weighted by Crippen LogP contribution is 2.15. The monoisotopic (exact) mass is 271 g/mol. The highest BCUT2D eigenvalue weighted by atomic mass is 15.0. The second-order valence-corrected chi connectivity index (χ2v) is 5.61. The molecule has 0 aliphatic carbocycles. The summed E-state index contributed by atoms with van der Waals surface area (Å²) in [6.45, 7) is 9.41. The third-order valence-corrected chi connectivity index (χ3v) is 3.43. The van der Waals surface area contributed by atoms with Gasteiger partial charge in [0.15, 0.2) is 0 Å². The molecule has 3 nitrogen and oxygen atoms in total. The van der Waals surface area contributed by atoms with Crippen molar-refractivity contribution in [1.29, 1.82) is 0 Å². The molecule has 3 heteroatoms. The third kappa shape index (κ3) is 4.20. The van der Waals surface area contributed by atoms with Gasteiger partial charge in [0.25, 0.3) is 0 Å². The van der Waals surface area contributed by atoms with Gasteiger partial charge in [-0.1, -0.05) is 45.0 Å². The van der Waals surface area contributed by atoms with Crippen molar-refractivity contribution in [3.63, 3.8) is 0 Å². The van der Waals surface area contributed by atoms with Crippen LogP contribution in [0.25, 0.3) is 0 Å². The topological polar surface area (TPSA) is 29.9 Å². The van der Waals surface area contributed by atoms with E-state index in [0.717, 1.165) is 31.7 Å². The van der Waals surface area contributed by atoms with Crippen molar-refractivity contribution in [2.45, 2.75) is 46.2 Å². The standard InChI is InChI=1S/C17H25N3/c1-4-9-18-10-17-12-20(13-19-17)11-15-5-7-16(8-6-15)14(2)3/h5-8,12-14,18H,4,9-11H2,1-3H3. The van der Waals surface area contributed by atoms with Crippen LogP contribution >= 0.6 is 0 Å². The summed E-state index contributed by atoms with van der Waals surface area (Å²) in [6.07, 6.45) is 5.20. The Morgan fingerprint density at radius 3 is 2.60 bits per heavy atom. The predicted molar refractivity (Wildman–Crippen MR) is 83.9 cm³/mol. The van der Waals surface area contributed by atoms with Crippen LogP contribution in [0.2, 0.25) is 0 Å². The van der Waals surface area contributed by atoms with E-state index < -0.39 is 0 Å². The number of hydrogen-bond acceptors (Lipinski definition) is 2. The fourth-order valence-corrected chi connectivity index (χ4v) is 2.20. The molecule has 2 aromatic rings. The van der Waals surface area contributed by atoms with E-state index in [1.807, 2.05) is 6.33 Å². The molecule has 1 N–H and O–H groups in total. The second-order valence-electron chi connectivity index (χ2n) is 5.61. The molecule has 0 atom stereocenters. The third-order valence-electron chi connectivity index (χ3n) is 3.43. The zero-order valence-electron chi connectivity index (χ0n) is 12.8. The lowest BCUT2D eigenvalue weighted by Gasteiger charge is -2.07. The van der Waals surface area contributed by atoms with Crippen molar-refractivity contribution < 1.29 is 0 Å². The quantitative estimate of drug-likeness (QED) is 0.780. The highest BCUT2D eigenvalue weighted by Gasteiger charge is 2.01. The molecule has 0 saturated carbocycles. The summed E-state index contributed by atoms with van der Waals surface area (Å²) in [6, 6.07) is 8.87. The molecule has 20 heavy (non-hydrogen) atoms. The average molecular weight is 271 g/mol. The van der Waals surface area contributed by atoms with Gasteiger partial charge in [0, 0.05) is 19.3 Å². The molecule has 0 amide bonds. The van der Waals surface area contributed by atoms with E-state index >= 15 is 0 Å². The SMILES string of the molecule is CCCNCc1cn(Cc2ccc(C(C)C)cc2)cn1. The molecule has 0 saturated heterocycles. The number of benzene rings is 1. The lowest BCUT2D eigenvalue weighted by atomic mass is 10.0. The normalized spacial score (nSPS) is 11.2. The predicted octanol–water partition coefficient (Wildman–Crippen LogP) is 3.55. The molecular weight excluding hydrogens is 246 g/mol. The summed E-state index contributed by atoms with van der Waals surface area (Å²) in [4.78, 5) is 4.43. The molecule has 0 bridgehead atoms. The van der Waals surface area contributed by atoms with Crippen LogP contribution in [0.15, 0.2) is 36.8 Å². The van der Waals surface area contributed by atoms with Gasteiger partial charge in [0.05, 0.1) is 12.0 Å². The van der Waals surface area contributed by atoms with Gasteiger partial charge in [-0.15, -0.1) is 0 Å². The first kappa shape index (κ1) is 14.8. The average Bonchev–Trinajstić information content (AvgIpc) is 2.87. The van der Waals surface area contributed by atoms with Gasteiger partial charge in [-0.2, -0.15) is 0 Å². The minimum absolute atomic E-state index is 0.591. The molecule has 0 spiro atoms. The fraction of sp³-hybridized carbons (Fsp3) is 0.471. The molecule has 0 unspecified atom stereocenters. The summed E-state index contributed by atoms with van der Waals surface area (Å²) in [7, 11) is 0. The van der Waals surface area contributed by atoms with E-state index in [4.69, 9.17) is 0 Å². The Kier molecular flexibility index (Phi) is 5.36. The molecular formula is C17H25N3. The summed E-state index contributed by atoms with van der Waals surface area (Å²) < 4.78 is 2.15. The van der Waals surface area contributed by atoms with E-state index in [1.54, 1.807) is 0 Å². The Bertz CT molecular complexity index is 511. The first-order valence-corrected chi connectivity index (χ1v) is 7.49. The van der Waals surface area contributed by atoms with Crippen molar-refractivity contribution in [2.24, 2.45) is 0 Å². The summed E-state index contributed by atoms with van der Waals surface area (Å²) in [5.41, 5.74) is 3.82. The van der Waals surface area contributed by atoms with Crippen LogP contribution in [0.4, 0.5) is 0 Å². The number of nitrogens with zero attached hydrogens (tertiary/aromatic N) is 2. The molecule has 108 valence electrons. The van der Waals surface area contributed by atoms with E-state index in [1.165, 1.54) is 11.1 Å². The van der Waals surface area contributed by atoms with Crippen molar-refractivity contribution in [2.75, 3.05) is 6.54 Å². The molecule has 2 rings (SSSR count). The van der Waals surface area contributed by atoms with Crippen LogP contribution in [0, 0.1) is 0 Å². The van der Waals surface area contributed by atoms with Gasteiger partial charge in [0.1, 0.15) is 0 Å². The van der Waals surface area contributed by atoms with Gasteiger partial charge in [-0.05, 0) is 30.0 Å². The molecule has 1 aromatic carbocycles. The van der Waals surface area contributed by atoms with Crippen LogP contribution in [0.3, 0.4) is 0 Å². The molecule has 0 aliphatic rings. The zero-order valence-corrected chi connectivity index (χ0v) is 12.8. The van der Waals surface area contributed by atoms with Crippen LogP contribution < -0.4 is 5.32 Å². The Morgan fingerprint density at radius 2 is 1.95 bits per heavy atom. The molecule has 0 aliphatic heterocycles. The van der Waals surface area contributed by atoms with Gasteiger partial charge >= 0.3 is 0 Å². The maximum atomic E-state index is 4.43. The van der Waals surface area contributed by atoms with Crippen LogP contribution in [0.5, 0.6) is 0 Å². The van der Waals surface area contributed by atoms with Crippen LogP contribution in [0.1, 0.15) is 49.9 Å². The molecule has 1 heterocycles.